The van der Waals surface area contributed by atoms with Crippen LogP contribution in [0.2, 0.25) is 0 Å². The van der Waals surface area contributed by atoms with E-state index >= 15 is 0 Å². The molecule has 2 rings (SSSR count). The maximum absolute atomic E-state index is 12.8. The number of halogens is 7. The Morgan fingerprint density at radius 1 is 1.04 bits per heavy atom. The Morgan fingerprint density at radius 2 is 1.56 bits per heavy atom. The highest BCUT2D eigenvalue weighted by molar-refractivity contribution is 9.12. The van der Waals surface area contributed by atoms with Crippen molar-refractivity contribution in [1.29, 1.82) is 0 Å². The molecule has 4 nitrogen and oxygen atoms in total. The molecule has 1 aromatic carbocycles. The van der Waals surface area contributed by atoms with Crippen molar-refractivity contribution in [2.45, 2.75) is 12.4 Å². The summed E-state index contributed by atoms with van der Waals surface area (Å²) in [5.74, 6) is -1.32. The Bertz CT molecular complexity index is 806. The van der Waals surface area contributed by atoms with Gasteiger partial charge in [-0.25, -0.2) is 9.48 Å². The van der Waals surface area contributed by atoms with Crippen LogP contribution in [0, 0.1) is 0 Å². The van der Waals surface area contributed by atoms with Gasteiger partial charge in [0.2, 0.25) is 0 Å². The van der Waals surface area contributed by atoms with Gasteiger partial charge < -0.3 is 5.11 Å². The van der Waals surface area contributed by atoms with Gasteiger partial charge >= 0.3 is 18.3 Å². The second-order valence-corrected chi connectivity index (χ2v) is 5.64. The second-order valence-electron chi connectivity index (χ2n) is 4.79. The third-order valence-electron chi connectivity index (χ3n) is 2.97. The minimum atomic E-state index is -4.96. The first-order valence-electron chi connectivity index (χ1n) is 6.32. The van der Waals surface area contributed by atoms with Gasteiger partial charge in [0, 0.05) is 18.0 Å². The van der Waals surface area contributed by atoms with Crippen molar-refractivity contribution < 1.29 is 36.2 Å². The summed E-state index contributed by atoms with van der Waals surface area (Å²) in [6.07, 6.45) is -6.81. The zero-order valence-corrected chi connectivity index (χ0v) is 13.4. The molecular weight excluding hydrogens is 422 g/mol. The van der Waals surface area contributed by atoms with Gasteiger partial charge in [0.05, 0.1) is 17.3 Å². The number of carboxylic acid groups (broad SMARTS) is 1. The average molecular weight is 429 g/mol. The van der Waals surface area contributed by atoms with E-state index < -0.39 is 29.4 Å². The second kappa shape index (κ2) is 6.54. The molecule has 0 aliphatic carbocycles. The summed E-state index contributed by atoms with van der Waals surface area (Å²) < 4.78 is 77.7. The predicted octanol–water partition coefficient (Wildman–Crippen LogP) is 4.87. The summed E-state index contributed by atoms with van der Waals surface area (Å²) in [7, 11) is 0. The average Bonchev–Trinajstić information content (AvgIpc) is 2.93. The molecule has 0 spiro atoms. The quantitative estimate of drug-likeness (QED) is 0.560. The number of nitrogens with zero attached hydrogens (tertiary/aromatic N) is 2. The van der Waals surface area contributed by atoms with E-state index in [4.69, 9.17) is 5.11 Å². The highest BCUT2D eigenvalue weighted by atomic mass is 79.9. The molecule has 0 fully saturated rings. The van der Waals surface area contributed by atoms with Crippen LogP contribution in [-0.4, -0.2) is 20.9 Å². The Kier molecular flexibility index (Phi) is 4.98. The summed E-state index contributed by atoms with van der Waals surface area (Å²) >= 11 is 2.72. The number of carboxylic acids is 1. The normalized spacial score (nSPS) is 13.2. The van der Waals surface area contributed by atoms with Crippen LogP contribution in [-0.2, 0) is 17.1 Å². The van der Waals surface area contributed by atoms with Crippen LogP contribution in [0.25, 0.3) is 17.3 Å². The standard InChI is InChI=1S/C14H7BrF6N2O2/c15-11(12(24)25)6-23-5-8(4-22-23)7-1-9(13(16,17)18)3-10(2-7)14(19,20)21/h1-6H,(H,24,25)/b11-6-. The number of aliphatic carboxylic acids is 1. The summed E-state index contributed by atoms with van der Waals surface area (Å²) in [5, 5.41) is 12.4. The molecule has 1 heterocycles. The van der Waals surface area contributed by atoms with E-state index in [9.17, 15) is 31.1 Å². The SMILES string of the molecule is O=C(O)/C(Br)=C/n1cc(-c2cc(C(F)(F)F)cc(C(F)(F)F)c2)cn1. The molecule has 134 valence electrons. The largest absolute Gasteiger partial charge is 0.477 e. The molecule has 1 N–H and O–H groups in total. The topological polar surface area (TPSA) is 55.1 Å². The van der Waals surface area contributed by atoms with E-state index in [1.165, 1.54) is 0 Å². The Hall–Kier alpha value is -2.30. The van der Waals surface area contributed by atoms with E-state index in [-0.39, 0.29) is 21.7 Å². The molecule has 0 amide bonds. The van der Waals surface area contributed by atoms with Crippen LogP contribution in [0.1, 0.15) is 11.1 Å². The van der Waals surface area contributed by atoms with Crippen molar-refractivity contribution in [3.63, 3.8) is 0 Å². The van der Waals surface area contributed by atoms with Gasteiger partial charge in [0.25, 0.3) is 0 Å². The predicted molar refractivity (Wildman–Crippen MR) is 78.5 cm³/mol. The number of carbonyl (C=O) groups is 1. The number of hydrogen-bond acceptors (Lipinski definition) is 2. The maximum atomic E-state index is 12.8. The molecular formula is C14H7BrF6N2O2. The first kappa shape index (κ1) is 19.0. The van der Waals surface area contributed by atoms with Crippen molar-refractivity contribution >= 4 is 28.1 Å². The van der Waals surface area contributed by atoms with E-state index in [0.29, 0.717) is 12.1 Å². The number of rotatable bonds is 3. The monoisotopic (exact) mass is 428 g/mol. The lowest BCUT2D eigenvalue weighted by molar-refractivity contribution is -0.143. The van der Waals surface area contributed by atoms with Crippen molar-refractivity contribution in [3.05, 3.63) is 46.2 Å². The third-order valence-corrected chi connectivity index (χ3v) is 3.52. The fraction of sp³-hybridized carbons (Fsp3) is 0.143. The van der Waals surface area contributed by atoms with E-state index in [1.807, 2.05) is 0 Å². The van der Waals surface area contributed by atoms with Crippen LogP contribution < -0.4 is 0 Å². The highest BCUT2D eigenvalue weighted by Gasteiger charge is 2.37. The minimum absolute atomic E-state index is 0.0227. The third kappa shape index (κ3) is 4.62. The van der Waals surface area contributed by atoms with Crippen LogP contribution in [0.4, 0.5) is 26.3 Å². The molecule has 0 unspecified atom stereocenters. The number of aromatic nitrogens is 2. The zero-order chi connectivity index (χ0) is 19.0. The smallest absolute Gasteiger partial charge is 0.416 e. The summed E-state index contributed by atoms with van der Waals surface area (Å²) in [6.45, 7) is 0. The molecule has 0 aliphatic heterocycles. The summed E-state index contributed by atoms with van der Waals surface area (Å²) in [5.41, 5.74) is -3.30. The molecule has 11 heteroatoms. The lowest BCUT2D eigenvalue weighted by Crippen LogP contribution is -2.11. The van der Waals surface area contributed by atoms with Crippen LogP contribution in [0.5, 0.6) is 0 Å². The molecule has 2 aromatic rings. The fourth-order valence-electron chi connectivity index (χ4n) is 1.85. The first-order chi connectivity index (χ1) is 11.4. The van der Waals surface area contributed by atoms with Crippen molar-refractivity contribution in [3.8, 4) is 11.1 Å². The van der Waals surface area contributed by atoms with Gasteiger partial charge in [-0.2, -0.15) is 31.4 Å². The first-order valence-corrected chi connectivity index (χ1v) is 7.12. The highest BCUT2D eigenvalue weighted by Crippen LogP contribution is 2.38. The van der Waals surface area contributed by atoms with Crippen LogP contribution in [0.15, 0.2) is 35.1 Å². The number of benzene rings is 1. The van der Waals surface area contributed by atoms with E-state index in [0.717, 1.165) is 23.3 Å². The van der Waals surface area contributed by atoms with Crippen LogP contribution >= 0.6 is 15.9 Å². The number of alkyl halides is 6. The maximum Gasteiger partial charge on any atom is 0.416 e. The van der Waals surface area contributed by atoms with Crippen molar-refractivity contribution in [1.82, 2.24) is 9.78 Å². The van der Waals surface area contributed by atoms with Crippen molar-refractivity contribution in [2.24, 2.45) is 0 Å². The van der Waals surface area contributed by atoms with Gasteiger partial charge in [-0.05, 0) is 39.7 Å². The molecule has 0 saturated heterocycles. The minimum Gasteiger partial charge on any atom is -0.477 e. The molecule has 1 aromatic heterocycles. The Morgan fingerprint density at radius 3 is 2.00 bits per heavy atom. The van der Waals surface area contributed by atoms with E-state index in [2.05, 4.69) is 21.0 Å². The van der Waals surface area contributed by atoms with Gasteiger partial charge in [-0.3, -0.25) is 0 Å². The lowest BCUT2D eigenvalue weighted by Gasteiger charge is -2.13. The summed E-state index contributed by atoms with van der Waals surface area (Å²) in [4.78, 5) is 10.7. The molecule has 0 saturated carbocycles. The molecule has 0 atom stereocenters. The fourth-order valence-corrected chi connectivity index (χ4v) is 2.06. The zero-order valence-electron chi connectivity index (χ0n) is 11.9. The number of hydrogen-bond donors (Lipinski definition) is 1. The Balaban J connectivity index is 2.54. The van der Waals surface area contributed by atoms with Gasteiger partial charge in [-0.1, -0.05) is 0 Å². The Labute approximate surface area is 144 Å². The molecule has 0 radical (unpaired) electrons. The molecule has 0 aliphatic rings. The van der Waals surface area contributed by atoms with Gasteiger partial charge in [0.15, 0.2) is 0 Å². The van der Waals surface area contributed by atoms with Crippen molar-refractivity contribution in [2.75, 3.05) is 0 Å². The molecule has 25 heavy (non-hydrogen) atoms. The van der Waals surface area contributed by atoms with Gasteiger partial charge in [0.1, 0.15) is 4.48 Å². The van der Waals surface area contributed by atoms with Crippen LogP contribution in [0.3, 0.4) is 0 Å². The van der Waals surface area contributed by atoms with E-state index in [1.54, 1.807) is 0 Å². The lowest BCUT2D eigenvalue weighted by atomic mass is 10.0. The summed E-state index contributed by atoms with van der Waals surface area (Å²) in [6, 6.07) is 1.15. The molecule has 0 bridgehead atoms. The van der Waals surface area contributed by atoms with Gasteiger partial charge in [-0.15, -0.1) is 0 Å².